The first-order valence-corrected chi connectivity index (χ1v) is 4.05. The van der Waals surface area contributed by atoms with Crippen LogP contribution in [0.4, 0.5) is 0 Å². The minimum Gasteiger partial charge on any atom is -0.330 e. The maximum absolute atomic E-state index is 5.52. The molecule has 2 heteroatoms. The molecule has 0 aromatic rings. The highest BCUT2D eigenvalue weighted by Crippen LogP contribution is 2.09. The van der Waals surface area contributed by atoms with E-state index in [-0.39, 0.29) is 12.4 Å². The van der Waals surface area contributed by atoms with Gasteiger partial charge in [0.15, 0.2) is 0 Å². The Morgan fingerprint density at radius 3 is 2.20 bits per heavy atom. The molecule has 0 aromatic carbocycles. The first kappa shape index (κ1) is 12.9. The lowest BCUT2D eigenvalue weighted by Gasteiger charge is -2.09. The van der Waals surface area contributed by atoms with E-state index in [1.54, 1.807) is 0 Å². The topological polar surface area (TPSA) is 26.0 Å². The van der Waals surface area contributed by atoms with Gasteiger partial charge < -0.3 is 5.73 Å². The zero-order valence-corrected chi connectivity index (χ0v) is 7.91. The maximum Gasteiger partial charge on any atom is -0.00490 e. The van der Waals surface area contributed by atoms with Gasteiger partial charge in [-0.25, -0.2) is 0 Å². The highest BCUT2D eigenvalue weighted by atomic mass is 35.5. The predicted molar refractivity (Wildman–Crippen MR) is 49.6 cm³/mol. The molecule has 0 aliphatic heterocycles. The third-order valence-corrected chi connectivity index (χ3v) is 1.88. The second kappa shape index (κ2) is 9.25. The average Bonchev–Trinajstić information content (AvgIpc) is 1.91. The Balaban J connectivity index is 0. The fraction of sp³-hybridized carbons (Fsp3) is 1.00. The van der Waals surface area contributed by atoms with E-state index in [1.807, 2.05) is 0 Å². The lowest BCUT2D eigenvalue weighted by molar-refractivity contribution is 0.461. The zero-order valence-electron chi connectivity index (χ0n) is 7.10. The van der Waals surface area contributed by atoms with Crippen molar-refractivity contribution in [2.24, 2.45) is 11.7 Å². The number of halogens is 1. The van der Waals surface area contributed by atoms with E-state index in [9.17, 15) is 0 Å². The van der Waals surface area contributed by atoms with Crippen LogP contribution in [0.1, 0.15) is 39.5 Å². The van der Waals surface area contributed by atoms with Gasteiger partial charge in [0, 0.05) is 0 Å². The van der Waals surface area contributed by atoms with Crippen LogP contribution in [-0.2, 0) is 0 Å². The van der Waals surface area contributed by atoms with Crippen LogP contribution in [0.25, 0.3) is 0 Å². The highest BCUT2D eigenvalue weighted by Gasteiger charge is 2.00. The highest BCUT2D eigenvalue weighted by molar-refractivity contribution is 5.85. The van der Waals surface area contributed by atoms with Gasteiger partial charge in [-0.2, -0.15) is 0 Å². The minimum atomic E-state index is 0. The Bertz CT molecular complexity index is 53.2. The quantitative estimate of drug-likeness (QED) is 0.666. The summed E-state index contributed by atoms with van der Waals surface area (Å²) in [5.41, 5.74) is 5.52. The summed E-state index contributed by atoms with van der Waals surface area (Å²) >= 11 is 0. The van der Waals surface area contributed by atoms with Crippen LogP contribution in [0.2, 0.25) is 0 Å². The summed E-state index contributed by atoms with van der Waals surface area (Å²) in [4.78, 5) is 0. The second-order valence-corrected chi connectivity index (χ2v) is 2.65. The first-order valence-electron chi connectivity index (χ1n) is 4.05. The van der Waals surface area contributed by atoms with E-state index in [0.29, 0.717) is 0 Å². The van der Waals surface area contributed by atoms with Gasteiger partial charge in [-0.05, 0) is 18.9 Å². The molecule has 1 unspecified atom stereocenters. The van der Waals surface area contributed by atoms with Gasteiger partial charge >= 0.3 is 0 Å². The monoisotopic (exact) mass is 165 g/mol. The zero-order chi connectivity index (χ0) is 7.11. The standard InChI is InChI=1S/C8H19N.ClH/c1-3-5-6-8(4-2)7-9;/h8H,3-7,9H2,1-2H3;1H. The van der Waals surface area contributed by atoms with Crippen molar-refractivity contribution in [3.63, 3.8) is 0 Å². The molecule has 0 spiro atoms. The third kappa shape index (κ3) is 6.37. The largest absolute Gasteiger partial charge is 0.330 e. The van der Waals surface area contributed by atoms with Crippen LogP contribution in [0, 0.1) is 5.92 Å². The van der Waals surface area contributed by atoms with Crippen molar-refractivity contribution >= 4 is 12.4 Å². The van der Waals surface area contributed by atoms with E-state index in [0.717, 1.165) is 12.5 Å². The van der Waals surface area contributed by atoms with E-state index < -0.39 is 0 Å². The Hall–Kier alpha value is 0.250. The molecule has 0 fully saturated rings. The molecule has 0 saturated heterocycles. The Kier molecular flexibility index (Phi) is 11.9. The molecule has 0 heterocycles. The number of rotatable bonds is 5. The molecular weight excluding hydrogens is 146 g/mol. The number of hydrogen-bond acceptors (Lipinski definition) is 1. The molecule has 64 valence electrons. The van der Waals surface area contributed by atoms with E-state index in [1.165, 1.54) is 25.7 Å². The van der Waals surface area contributed by atoms with Crippen molar-refractivity contribution in [1.82, 2.24) is 0 Å². The normalized spacial score (nSPS) is 12.3. The maximum atomic E-state index is 5.52. The van der Waals surface area contributed by atoms with Crippen molar-refractivity contribution in [1.29, 1.82) is 0 Å². The average molecular weight is 166 g/mol. The molecule has 0 amide bonds. The smallest absolute Gasteiger partial charge is 0.00490 e. The van der Waals surface area contributed by atoms with Gasteiger partial charge in [-0.1, -0.05) is 33.1 Å². The second-order valence-electron chi connectivity index (χ2n) is 2.65. The van der Waals surface area contributed by atoms with Crippen LogP contribution in [-0.4, -0.2) is 6.54 Å². The third-order valence-electron chi connectivity index (χ3n) is 1.88. The lowest BCUT2D eigenvalue weighted by atomic mass is 10.00. The van der Waals surface area contributed by atoms with Crippen LogP contribution in [0.15, 0.2) is 0 Å². The fourth-order valence-corrected chi connectivity index (χ4v) is 0.981. The van der Waals surface area contributed by atoms with E-state index in [2.05, 4.69) is 13.8 Å². The fourth-order valence-electron chi connectivity index (χ4n) is 0.981. The molecule has 0 rings (SSSR count). The first-order chi connectivity index (χ1) is 4.35. The summed E-state index contributed by atoms with van der Waals surface area (Å²) in [6, 6.07) is 0. The SMILES string of the molecule is CCCCC(CC)CN.Cl. The molecule has 1 nitrogen and oxygen atoms in total. The van der Waals surface area contributed by atoms with E-state index >= 15 is 0 Å². The van der Waals surface area contributed by atoms with Crippen molar-refractivity contribution in [2.75, 3.05) is 6.54 Å². The Labute approximate surface area is 70.8 Å². The van der Waals surface area contributed by atoms with Gasteiger partial charge in [0.25, 0.3) is 0 Å². The van der Waals surface area contributed by atoms with Crippen LogP contribution in [0.5, 0.6) is 0 Å². The van der Waals surface area contributed by atoms with Crippen molar-refractivity contribution in [2.45, 2.75) is 39.5 Å². The molecule has 0 saturated carbocycles. The van der Waals surface area contributed by atoms with Gasteiger partial charge in [-0.3, -0.25) is 0 Å². The number of unbranched alkanes of at least 4 members (excludes halogenated alkanes) is 1. The van der Waals surface area contributed by atoms with Gasteiger partial charge in [0.2, 0.25) is 0 Å². The Morgan fingerprint density at radius 2 is 1.90 bits per heavy atom. The molecule has 10 heavy (non-hydrogen) atoms. The molecule has 0 aromatic heterocycles. The molecular formula is C8H20ClN. The molecule has 2 N–H and O–H groups in total. The molecule has 0 aliphatic carbocycles. The van der Waals surface area contributed by atoms with Crippen LogP contribution in [0.3, 0.4) is 0 Å². The summed E-state index contributed by atoms with van der Waals surface area (Å²) < 4.78 is 0. The molecule has 0 aliphatic rings. The van der Waals surface area contributed by atoms with Gasteiger partial charge in [-0.15, -0.1) is 12.4 Å². The summed E-state index contributed by atoms with van der Waals surface area (Å²) in [5, 5.41) is 0. The van der Waals surface area contributed by atoms with Crippen molar-refractivity contribution in [3.05, 3.63) is 0 Å². The van der Waals surface area contributed by atoms with Crippen molar-refractivity contribution in [3.8, 4) is 0 Å². The molecule has 0 bridgehead atoms. The molecule has 0 radical (unpaired) electrons. The number of nitrogens with two attached hydrogens (primary N) is 1. The predicted octanol–water partition coefficient (Wildman–Crippen LogP) is 2.58. The molecule has 1 atom stereocenters. The summed E-state index contributed by atoms with van der Waals surface area (Å²) in [7, 11) is 0. The van der Waals surface area contributed by atoms with Gasteiger partial charge in [0.1, 0.15) is 0 Å². The Morgan fingerprint density at radius 1 is 1.30 bits per heavy atom. The minimum absolute atomic E-state index is 0. The summed E-state index contributed by atoms with van der Waals surface area (Å²) in [6.07, 6.45) is 5.21. The lowest BCUT2D eigenvalue weighted by Crippen LogP contribution is -2.12. The summed E-state index contributed by atoms with van der Waals surface area (Å²) in [5.74, 6) is 0.782. The van der Waals surface area contributed by atoms with Crippen molar-refractivity contribution < 1.29 is 0 Å². The van der Waals surface area contributed by atoms with E-state index in [4.69, 9.17) is 5.73 Å². The van der Waals surface area contributed by atoms with Crippen LogP contribution >= 0.6 is 12.4 Å². The van der Waals surface area contributed by atoms with Gasteiger partial charge in [0.05, 0.1) is 0 Å². The number of hydrogen-bond donors (Lipinski definition) is 1. The van der Waals surface area contributed by atoms with Crippen LogP contribution < -0.4 is 5.73 Å². The summed E-state index contributed by atoms with van der Waals surface area (Å²) in [6.45, 7) is 5.31.